The largest absolute Gasteiger partial charge is 0.490 e. The lowest BCUT2D eigenvalue weighted by Crippen LogP contribution is -2.39. The van der Waals surface area contributed by atoms with Gasteiger partial charge in [0.25, 0.3) is 0 Å². The molecule has 2 N–H and O–H groups in total. The van der Waals surface area contributed by atoms with E-state index in [1.54, 1.807) is 6.07 Å². The number of nitrogens with zero attached hydrogens (tertiary/aromatic N) is 1. The minimum atomic E-state index is -0.555. The third-order valence-corrected chi connectivity index (χ3v) is 6.25. The average Bonchev–Trinajstić information content (AvgIpc) is 2.73. The van der Waals surface area contributed by atoms with Gasteiger partial charge in [-0.15, -0.1) is 0 Å². The fourth-order valence-corrected chi connectivity index (χ4v) is 4.39. The standard InChI is InChI=1S/C23H31N3O4/c1-15-20(29-18-10-12-26(2)13-11-18)9-8-16-14-19(22(27)30-21(15)16)25-23(28)24-17-6-4-3-5-7-17/h8-9,14,17-18H,3-7,10-13H2,1-2H3,(H2,24,25,28). The summed E-state index contributed by atoms with van der Waals surface area (Å²) in [5.74, 6) is 0.746. The van der Waals surface area contributed by atoms with Gasteiger partial charge >= 0.3 is 11.7 Å². The van der Waals surface area contributed by atoms with Crippen LogP contribution in [0.4, 0.5) is 10.5 Å². The maximum Gasteiger partial charge on any atom is 0.360 e. The summed E-state index contributed by atoms with van der Waals surface area (Å²) in [6.45, 7) is 3.94. The maximum absolute atomic E-state index is 12.5. The van der Waals surface area contributed by atoms with Gasteiger partial charge in [0, 0.05) is 30.1 Å². The van der Waals surface area contributed by atoms with Gasteiger partial charge in [-0.2, -0.15) is 0 Å². The van der Waals surface area contributed by atoms with Gasteiger partial charge < -0.3 is 24.7 Å². The number of carbonyl (C=O) groups is 1. The predicted molar refractivity (Wildman–Crippen MR) is 117 cm³/mol. The molecular weight excluding hydrogens is 382 g/mol. The van der Waals surface area contributed by atoms with Crippen molar-refractivity contribution in [2.24, 2.45) is 0 Å². The van der Waals surface area contributed by atoms with Gasteiger partial charge in [-0.3, -0.25) is 0 Å². The van der Waals surface area contributed by atoms with Gasteiger partial charge in [0.05, 0.1) is 0 Å². The monoisotopic (exact) mass is 413 g/mol. The number of rotatable bonds is 4. The van der Waals surface area contributed by atoms with Crippen LogP contribution in [-0.4, -0.2) is 43.2 Å². The van der Waals surface area contributed by atoms with Crippen LogP contribution in [0.3, 0.4) is 0 Å². The lowest BCUT2D eigenvalue weighted by molar-refractivity contribution is 0.113. The van der Waals surface area contributed by atoms with Gasteiger partial charge in [0.15, 0.2) is 0 Å². The summed E-state index contributed by atoms with van der Waals surface area (Å²) in [7, 11) is 2.12. The number of likely N-dealkylation sites (tertiary alicyclic amines) is 1. The molecule has 2 aliphatic rings. The van der Waals surface area contributed by atoms with E-state index < -0.39 is 5.63 Å². The normalized spacial score (nSPS) is 19.0. The summed E-state index contributed by atoms with van der Waals surface area (Å²) >= 11 is 0. The molecule has 1 aromatic heterocycles. The first-order chi connectivity index (χ1) is 14.5. The first kappa shape index (κ1) is 20.7. The predicted octanol–water partition coefficient (Wildman–Crippen LogP) is 4.03. The second-order valence-corrected chi connectivity index (χ2v) is 8.61. The van der Waals surface area contributed by atoms with Crippen LogP contribution in [0.5, 0.6) is 5.75 Å². The molecule has 2 fully saturated rings. The van der Waals surface area contributed by atoms with Crippen LogP contribution in [-0.2, 0) is 0 Å². The Morgan fingerprint density at radius 3 is 2.60 bits per heavy atom. The highest BCUT2D eigenvalue weighted by Gasteiger charge is 2.21. The summed E-state index contributed by atoms with van der Waals surface area (Å²) in [6, 6.07) is 5.29. The van der Waals surface area contributed by atoms with E-state index >= 15 is 0 Å². The Morgan fingerprint density at radius 1 is 1.13 bits per heavy atom. The van der Waals surface area contributed by atoms with Crippen LogP contribution in [0, 0.1) is 6.92 Å². The van der Waals surface area contributed by atoms with Crippen molar-refractivity contribution >= 4 is 22.7 Å². The third kappa shape index (κ3) is 4.78. The van der Waals surface area contributed by atoms with Gasteiger partial charge in [-0.1, -0.05) is 19.3 Å². The molecule has 1 aliphatic carbocycles. The Kier molecular flexibility index (Phi) is 6.27. The number of carbonyl (C=O) groups excluding carboxylic acids is 1. The van der Waals surface area contributed by atoms with E-state index in [0.29, 0.717) is 5.58 Å². The number of urea groups is 1. The van der Waals surface area contributed by atoms with E-state index in [1.807, 2.05) is 19.1 Å². The minimum absolute atomic E-state index is 0.152. The topological polar surface area (TPSA) is 83.8 Å². The number of piperidine rings is 1. The molecule has 2 heterocycles. The van der Waals surface area contributed by atoms with Gasteiger partial charge in [0.2, 0.25) is 0 Å². The van der Waals surface area contributed by atoms with Gasteiger partial charge in [-0.25, -0.2) is 9.59 Å². The molecule has 1 saturated carbocycles. The molecule has 162 valence electrons. The highest BCUT2D eigenvalue weighted by atomic mass is 16.5. The molecule has 7 heteroatoms. The molecular formula is C23H31N3O4. The molecule has 7 nitrogen and oxygen atoms in total. The Labute approximate surface area is 176 Å². The highest BCUT2D eigenvalue weighted by molar-refractivity contribution is 5.92. The summed E-state index contributed by atoms with van der Waals surface area (Å²) in [4.78, 5) is 27.1. The van der Waals surface area contributed by atoms with E-state index in [-0.39, 0.29) is 23.9 Å². The summed E-state index contributed by atoms with van der Waals surface area (Å²) in [6.07, 6.45) is 7.59. The summed E-state index contributed by atoms with van der Waals surface area (Å²) < 4.78 is 11.8. The molecule has 4 rings (SSSR count). The van der Waals surface area contributed by atoms with Crippen LogP contribution in [0.1, 0.15) is 50.5 Å². The fourth-order valence-electron chi connectivity index (χ4n) is 4.39. The van der Waals surface area contributed by atoms with Crippen LogP contribution < -0.4 is 21.0 Å². The van der Waals surface area contributed by atoms with Crippen molar-refractivity contribution in [3.63, 3.8) is 0 Å². The molecule has 1 saturated heterocycles. The Bertz CT molecular complexity index is 957. The SMILES string of the molecule is Cc1c(OC2CCN(C)CC2)ccc2cc(NC(=O)NC3CCCCC3)c(=O)oc12. The van der Waals surface area contributed by atoms with Crippen molar-refractivity contribution in [3.8, 4) is 5.75 Å². The first-order valence-corrected chi connectivity index (χ1v) is 11.0. The fraction of sp³-hybridized carbons (Fsp3) is 0.565. The molecule has 0 radical (unpaired) electrons. The summed E-state index contributed by atoms with van der Waals surface area (Å²) in [5, 5.41) is 6.38. The molecule has 30 heavy (non-hydrogen) atoms. The Hall–Kier alpha value is -2.54. The van der Waals surface area contributed by atoms with E-state index in [0.717, 1.165) is 68.3 Å². The van der Waals surface area contributed by atoms with Crippen molar-refractivity contribution in [1.82, 2.24) is 10.2 Å². The number of fused-ring (bicyclic) bond motifs is 1. The zero-order valence-electron chi connectivity index (χ0n) is 17.8. The number of nitrogens with one attached hydrogen (secondary N) is 2. The smallest absolute Gasteiger partial charge is 0.360 e. The van der Waals surface area contributed by atoms with Crippen LogP contribution in [0.2, 0.25) is 0 Å². The second-order valence-electron chi connectivity index (χ2n) is 8.61. The van der Waals surface area contributed by atoms with E-state index in [4.69, 9.17) is 9.15 Å². The zero-order chi connectivity index (χ0) is 21.1. The van der Waals surface area contributed by atoms with Crippen molar-refractivity contribution in [3.05, 3.63) is 34.2 Å². The number of benzene rings is 1. The molecule has 2 aromatic rings. The number of amides is 2. The first-order valence-electron chi connectivity index (χ1n) is 11.0. The van der Waals surface area contributed by atoms with Crippen molar-refractivity contribution in [2.75, 3.05) is 25.5 Å². The maximum atomic E-state index is 12.5. The van der Waals surface area contributed by atoms with Crippen molar-refractivity contribution in [1.29, 1.82) is 0 Å². The Balaban J connectivity index is 1.48. The number of aryl methyl sites for hydroxylation is 1. The van der Waals surface area contributed by atoms with Crippen molar-refractivity contribution in [2.45, 2.75) is 64.0 Å². The lowest BCUT2D eigenvalue weighted by Gasteiger charge is -2.29. The number of hydrogen-bond donors (Lipinski definition) is 2. The van der Waals surface area contributed by atoms with Crippen LogP contribution in [0.25, 0.3) is 11.0 Å². The quantitative estimate of drug-likeness (QED) is 0.740. The molecule has 0 bridgehead atoms. The van der Waals surface area contributed by atoms with E-state index in [1.165, 1.54) is 6.42 Å². The van der Waals surface area contributed by atoms with Gasteiger partial charge in [-0.05, 0) is 57.9 Å². The Morgan fingerprint density at radius 2 is 1.87 bits per heavy atom. The summed E-state index contributed by atoms with van der Waals surface area (Å²) in [5.41, 5.74) is 0.908. The minimum Gasteiger partial charge on any atom is -0.490 e. The van der Waals surface area contributed by atoms with Crippen LogP contribution >= 0.6 is 0 Å². The molecule has 0 spiro atoms. The molecule has 0 unspecified atom stereocenters. The second kappa shape index (κ2) is 9.08. The lowest BCUT2D eigenvalue weighted by atomic mass is 9.96. The zero-order valence-corrected chi connectivity index (χ0v) is 17.8. The number of hydrogen-bond acceptors (Lipinski definition) is 5. The van der Waals surface area contributed by atoms with Crippen LogP contribution in [0.15, 0.2) is 27.4 Å². The van der Waals surface area contributed by atoms with Crippen molar-refractivity contribution < 1.29 is 13.9 Å². The van der Waals surface area contributed by atoms with E-state index in [2.05, 4.69) is 22.6 Å². The molecule has 1 aromatic carbocycles. The number of ether oxygens (including phenoxy) is 1. The molecule has 0 atom stereocenters. The van der Waals surface area contributed by atoms with E-state index in [9.17, 15) is 9.59 Å². The average molecular weight is 414 g/mol. The third-order valence-electron chi connectivity index (χ3n) is 6.25. The molecule has 1 aliphatic heterocycles. The highest BCUT2D eigenvalue weighted by Crippen LogP contribution is 2.30. The van der Waals surface area contributed by atoms with Gasteiger partial charge in [0.1, 0.15) is 23.1 Å². The number of anilines is 1. The molecule has 2 amide bonds.